The highest BCUT2D eigenvalue weighted by atomic mass is 14.3. The summed E-state index contributed by atoms with van der Waals surface area (Å²) in [5.41, 5.74) is 0. The molecule has 0 aromatic carbocycles. The molecule has 0 aliphatic heterocycles. The molecular formula is C16H32. The second-order valence-electron chi connectivity index (χ2n) is 6.35. The van der Waals surface area contributed by atoms with Crippen LogP contribution in [0.5, 0.6) is 0 Å². The summed E-state index contributed by atoms with van der Waals surface area (Å²) in [5, 5.41) is 0. The van der Waals surface area contributed by atoms with Gasteiger partial charge in [-0.1, -0.05) is 72.6 Å². The molecule has 0 radical (unpaired) electrons. The second kappa shape index (κ2) is 7.35. The Kier molecular flexibility index (Phi) is 6.46. The van der Waals surface area contributed by atoms with Gasteiger partial charge in [0.15, 0.2) is 0 Å². The summed E-state index contributed by atoms with van der Waals surface area (Å²) < 4.78 is 0. The molecule has 0 aromatic rings. The summed E-state index contributed by atoms with van der Waals surface area (Å²) in [7, 11) is 0. The molecule has 0 bridgehead atoms. The van der Waals surface area contributed by atoms with Crippen molar-refractivity contribution in [3.63, 3.8) is 0 Å². The van der Waals surface area contributed by atoms with Gasteiger partial charge in [-0.25, -0.2) is 0 Å². The molecule has 4 unspecified atom stereocenters. The van der Waals surface area contributed by atoms with Gasteiger partial charge in [-0.2, -0.15) is 0 Å². The van der Waals surface area contributed by atoms with Crippen LogP contribution in [0.1, 0.15) is 79.1 Å². The number of hydrogen-bond donors (Lipinski definition) is 0. The topological polar surface area (TPSA) is 0 Å². The molecule has 0 nitrogen and oxygen atoms in total. The van der Waals surface area contributed by atoms with Gasteiger partial charge in [0, 0.05) is 0 Å². The highest BCUT2D eigenvalue weighted by Crippen LogP contribution is 2.36. The van der Waals surface area contributed by atoms with Gasteiger partial charge in [0.2, 0.25) is 0 Å². The molecule has 96 valence electrons. The van der Waals surface area contributed by atoms with Crippen molar-refractivity contribution in [1.82, 2.24) is 0 Å². The molecule has 0 spiro atoms. The maximum atomic E-state index is 2.49. The number of rotatable bonds is 6. The van der Waals surface area contributed by atoms with Crippen molar-refractivity contribution < 1.29 is 0 Å². The van der Waals surface area contributed by atoms with Crippen molar-refractivity contribution in [2.75, 3.05) is 0 Å². The van der Waals surface area contributed by atoms with Crippen molar-refractivity contribution in [2.45, 2.75) is 79.1 Å². The molecule has 16 heavy (non-hydrogen) atoms. The molecule has 1 rings (SSSR count). The van der Waals surface area contributed by atoms with E-state index < -0.39 is 0 Å². The Morgan fingerprint density at radius 3 is 2.38 bits per heavy atom. The van der Waals surface area contributed by atoms with Crippen LogP contribution < -0.4 is 0 Å². The SMILES string of the molecule is CCCCC(C)C(C)CC1CCCCC1C. The van der Waals surface area contributed by atoms with Crippen LogP contribution in [0.2, 0.25) is 0 Å². The first-order valence-corrected chi connectivity index (χ1v) is 7.65. The summed E-state index contributed by atoms with van der Waals surface area (Å²) in [6, 6.07) is 0. The zero-order valence-electron chi connectivity index (χ0n) is 12.0. The van der Waals surface area contributed by atoms with E-state index in [1.807, 2.05) is 0 Å². The average molecular weight is 224 g/mol. The van der Waals surface area contributed by atoms with Crippen molar-refractivity contribution in [2.24, 2.45) is 23.7 Å². The molecule has 0 amide bonds. The van der Waals surface area contributed by atoms with Crippen LogP contribution in [-0.2, 0) is 0 Å². The average Bonchev–Trinajstić information content (AvgIpc) is 2.28. The van der Waals surface area contributed by atoms with Crippen LogP contribution >= 0.6 is 0 Å². The zero-order chi connectivity index (χ0) is 12.0. The van der Waals surface area contributed by atoms with Crippen LogP contribution in [0.25, 0.3) is 0 Å². The Morgan fingerprint density at radius 2 is 1.75 bits per heavy atom. The van der Waals surface area contributed by atoms with Gasteiger partial charge in [-0.15, -0.1) is 0 Å². The predicted molar refractivity (Wildman–Crippen MR) is 73.6 cm³/mol. The first-order chi connectivity index (χ1) is 7.65. The largest absolute Gasteiger partial charge is 0.0654 e. The molecule has 0 aromatic heterocycles. The van der Waals surface area contributed by atoms with Gasteiger partial charge in [0.25, 0.3) is 0 Å². The Bertz CT molecular complexity index is 173. The molecule has 1 fully saturated rings. The molecule has 0 saturated heterocycles. The van der Waals surface area contributed by atoms with E-state index in [1.165, 1.54) is 51.4 Å². The molecule has 0 heteroatoms. The van der Waals surface area contributed by atoms with Crippen LogP contribution in [0.3, 0.4) is 0 Å². The lowest BCUT2D eigenvalue weighted by Crippen LogP contribution is -2.21. The molecule has 1 aliphatic carbocycles. The standard InChI is InChI=1S/C16H32/c1-5-6-9-13(2)15(4)12-16-11-8-7-10-14(16)3/h13-16H,5-12H2,1-4H3. The van der Waals surface area contributed by atoms with Crippen molar-refractivity contribution in [1.29, 1.82) is 0 Å². The van der Waals surface area contributed by atoms with E-state index >= 15 is 0 Å². The van der Waals surface area contributed by atoms with Crippen molar-refractivity contribution >= 4 is 0 Å². The van der Waals surface area contributed by atoms with E-state index in [0.717, 1.165) is 23.7 Å². The van der Waals surface area contributed by atoms with E-state index in [-0.39, 0.29) is 0 Å². The summed E-state index contributed by atoms with van der Waals surface area (Å²) in [4.78, 5) is 0. The highest BCUT2D eigenvalue weighted by molar-refractivity contribution is 4.75. The summed E-state index contributed by atoms with van der Waals surface area (Å²) in [5.74, 6) is 3.91. The van der Waals surface area contributed by atoms with Gasteiger partial charge in [-0.05, 0) is 30.1 Å². The Balaban J connectivity index is 2.28. The quantitative estimate of drug-likeness (QED) is 0.545. The third kappa shape index (κ3) is 4.47. The van der Waals surface area contributed by atoms with E-state index in [1.54, 1.807) is 0 Å². The molecule has 0 N–H and O–H groups in total. The first-order valence-electron chi connectivity index (χ1n) is 7.65. The van der Waals surface area contributed by atoms with Gasteiger partial charge >= 0.3 is 0 Å². The van der Waals surface area contributed by atoms with Gasteiger partial charge < -0.3 is 0 Å². The minimum Gasteiger partial charge on any atom is -0.0654 e. The van der Waals surface area contributed by atoms with Crippen LogP contribution in [0.15, 0.2) is 0 Å². The number of hydrogen-bond acceptors (Lipinski definition) is 0. The van der Waals surface area contributed by atoms with E-state index in [0.29, 0.717) is 0 Å². The fourth-order valence-corrected chi connectivity index (χ4v) is 3.26. The fourth-order valence-electron chi connectivity index (χ4n) is 3.26. The van der Waals surface area contributed by atoms with E-state index in [9.17, 15) is 0 Å². The molecule has 1 aliphatic rings. The Labute approximate surface area is 103 Å². The predicted octanol–water partition coefficient (Wildman–Crippen LogP) is 5.67. The summed E-state index contributed by atoms with van der Waals surface area (Å²) in [6.45, 7) is 9.74. The molecule has 4 atom stereocenters. The first kappa shape index (κ1) is 14.1. The minimum absolute atomic E-state index is 0.939. The van der Waals surface area contributed by atoms with Crippen molar-refractivity contribution in [3.8, 4) is 0 Å². The lowest BCUT2D eigenvalue weighted by atomic mass is 9.73. The van der Waals surface area contributed by atoms with Crippen LogP contribution in [0, 0.1) is 23.7 Å². The van der Waals surface area contributed by atoms with Gasteiger partial charge in [0.1, 0.15) is 0 Å². The lowest BCUT2D eigenvalue weighted by Gasteiger charge is -2.32. The maximum absolute atomic E-state index is 2.49. The Hall–Kier alpha value is 0. The van der Waals surface area contributed by atoms with E-state index in [4.69, 9.17) is 0 Å². The molecule has 1 saturated carbocycles. The Morgan fingerprint density at radius 1 is 1.06 bits per heavy atom. The van der Waals surface area contributed by atoms with Crippen LogP contribution in [0.4, 0.5) is 0 Å². The normalized spacial score (nSPS) is 30.0. The second-order valence-corrected chi connectivity index (χ2v) is 6.35. The summed E-state index contributed by atoms with van der Waals surface area (Å²) >= 11 is 0. The van der Waals surface area contributed by atoms with Gasteiger partial charge in [0.05, 0.1) is 0 Å². The third-order valence-corrected chi connectivity index (χ3v) is 4.95. The number of unbranched alkanes of at least 4 members (excludes halogenated alkanes) is 1. The van der Waals surface area contributed by atoms with E-state index in [2.05, 4.69) is 27.7 Å². The lowest BCUT2D eigenvalue weighted by molar-refractivity contribution is 0.188. The highest BCUT2D eigenvalue weighted by Gasteiger charge is 2.24. The van der Waals surface area contributed by atoms with Crippen molar-refractivity contribution in [3.05, 3.63) is 0 Å². The fraction of sp³-hybridized carbons (Fsp3) is 1.00. The molecular weight excluding hydrogens is 192 g/mol. The zero-order valence-corrected chi connectivity index (χ0v) is 12.0. The minimum atomic E-state index is 0.939. The maximum Gasteiger partial charge on any atom is -0.0386 e. The summed E-state index contributed by atoms with van der Waals surface area (Å²) in [6.07, 6.45) is 11.7. The smallest absolute Gasteiger partial charge is 0.0386 e. The molecule has 0 heterocycles. The third-order valence-electron chi connectivity index (χ3n) is 4.95. The van der Waals surface area contributed by atoms with Crippen LogP contribution in [-0.4, -0.2) is 0 Å². The monoisotopic (exact) mass is 224 g/mol. The van der Waals surface area contributed by atoms with Gasteiger partial charge in [-0.3, -0.25) is 0 Å².